The van der Waals surface area contributed by atoms with E-state index in [9.17, 15) is 0 Å². The van der Waals surface area contributed by atoms with E-state index in [2.05, 4.69) is 104 Å². The van der Waals surface area contributed by atoms with Crippen molar-refractivity contribution in [2.75, 3.05) is 32.3 Å². The Hall–Kier alpha value is -2.00. The summed E-state index contributed by atoms with van der Waals surface area (Å²) in [6.45, 7) is 1.08. The number of allylic oxidation sites excluding steroid dienone is 1. The van der Waals surface area contributed by atoms with Gasteiger partial charge in [0, 0.05) is 23.1 Å². The van der Waals surface area contributed by atoms with Crippen molar-refractivity contribution in [3.8, 4) is 0 Å². The predicted molar refractivity (Wildman–Crippen MR) is 130 cm³/mol. The summed E-state index contributed by atoms with van der Waals surface area (Å²) >= 11 is 8.13. The third-order valence-corrected chi connectivity index (χ3v) is 5.96. The Morgan fingerprint density at radius 3 is 1.86 bits per heavy atom. The average molecular weight is 422 g/mol. The Kier molecular flexibility index (Phi) is 8.42. The van der Waals surface area contributed by atoms with Gasteiger partial charge in [0.1, 0.15) is 0 Å². The van der Waals surface area contributed by atoms with Gasteiger partial charge in [0.25, 0.3) is 0 Å². The van der Waals surface area contributed by atoms with E-state index in [1.165, 1.54) is 32.7 Å². The summed E-state index contributed by atoms with van der Waals surface area (Å²) in [5.74, 6) is 1.69. The lowest BCUT2D eigenvalue weighted by Gasteiger charge is -2.17. The maximum atomic E-state index is 6.23. The van der Waals surface area contributed by atoms with Crippen LogP contribution in [0.4, 0.5) is 0 Å². The fourth-order valence-electron chi connectivity index (χ4n) is 3.33. The monoisotopic (exact) mass is 421 g/mol. The van der Waals surface area contributed by atoms with Gasteiger partial charge in [-0.25, -0.2) is 0 Å². The van der Waals surface area contributed by atoms with Crippen molar-refractivity contribution in [1.82, 2.24) is 4.90 Å². The molecule has 3 aromatic carbocycles. The van der Waals surface area contributed by atoms with Crippen molar-refractivity contribution < 1.29 is 0 Å². The van der Waals surface area contributed by atoms with Crippen molar-refractivity contribution in [1.29, 1.82) is 0 Å². The molecular formula is C26H28ClNS. The lowest BCUT2D eigenvalue weighted by Crippen LogP contribution is -2.14. The summed E-state index contributed by atoms with van der Waals surface area (Å²) in [4.78, 5) is 3.53. The van der Waals surface area contributed by atoms with Gasteiger partial charge in [0.2, 0.25) is 0 Å². The lowest BCUT2D eigenvalue weighted by molar-refractivity contribution is 0.437. The summed E-state index contributed by atoms with van der Waals surface area (Å²) in [6.07, 6.45) is 0.829. The number of halogens is 1. The molecule has 0 fully saturated rings. The molecule has 0 saturated carbocycles. The highest BCUT2D eigenvalue weighted by Gasteiger charge is 2.14. The highest BCUT2D eigenvalue weighted by molar-refractivity contribution is 7.99. The third-order valence-electron chi connectivity index (χ3n) is 4.78. The topological polar surface area (TPSA) is 3.24 Å². The molecule has 3 heteroatoms. The molecule has 0 aliphatic heterocycles. The largest absolute Gasteiger partial charge is 0.309 e. The Labute approximate surface area is 184 Å². The van der Waals surface area contributed by atoms with Crippen LogP contribution in [0.3, 0.4) is 0 Å². The lowest BCUT2D eigenvalue weighted by atomic mass is 9.88. The van der Waals surface area contributed by atoms with E-state index in [0.29, 0.717) is 5.88 Å². The van der Waals surface area contributed by atoms with E-state index >= 15 is 0 Å². The van der Waals surface area contributed by atoms with E-state index < -0.39 is 0 Å². The fraction of sp³-hybridized carbons (Fsp3) is 0.231. The first kappa shape index (κ1) is 21.7. The SMILES string of the molecule is CN(C)CCSc1ccc(C(=C(CCCl)c2ccccc2)c2ccccc2)cc1. The standard InChI is InChI=1S/C26H28ClNS/c1-28(2)19-20-29-24-15-13-23(14-16-24)26(22-11-7-4-8-12-22)25(17-18-27)21-9-5-3-6-10-21/h3-16H,17-20H2,1-2H3. The van der Waals surface area contributed by atoms with Crippen LogP contribution in [0.2, 0.25) is 0 Å². The minimum absolute atomic E-state index is 0.596. The predicted octanol–water partition coefficient (Wildman–Crippen LogP) is 6.93. The second-order valence-electron chi connectivity index (χ2n) is 7.20. The number of benzene rings is 3. The Morgan fingerprint density at radius 2 is 1.31 bits per heavy atom. The maximum absolute atomic E-state index is 6.23. The van der Waals surface area contributed by atoms with Gasteiger partial charge in [0.15, 0.2) is 0 Å². The molecule has 0 radical (unpaired) electrons. The first-order chi connectivity index (χ1) is 14.2. The minimum Gasteiger partial charge on any atom is -0.309 e. The van der Waals surface area contributed by atoms with Crippen LogP contribution in [0.1, 0.15) is 23.1 Å². The number of hydrogen-bond donors (Lipinski definition) is 0. The molecule has 0 atom stereocenters. The van der Waals surface area contributed by atoms with Gasteiger partial charge >= 0.3 is 0 Å². The summed E-state index contributed by atoms with van der Waals surface area (Å²) < 4.78 is 0. The zero-order chi connectivity index (χ0) is 20.5. The van der Waals surface area contributed by atoms with Gasteiger partial charge in [-0.3, -0.25) is 0 Å². The van der Waals surface area contributed by atoms with Crippen LogP contribution in [-0.4, -0.2) is 37.2 Å². The van der Waals surface area contributed by atoms with Crippen molar-refractivity contribution in [3.63, 3.8) is 0 Å². The first-order valence-corrected chi connectivity index (χ1v) is 11.5. The van der Waals surface area contributed by atoms with Gasteiger partial charge in [-0.1, -0.05) is 72.8 Å². The molecule has 0 amide bonds. The quantitative estimate of drug-likeness (QED) is 0.209. The highest BCUT2D eigenvalue weighted by Crippen LogP contribution is 2.35. The Balaban J connectivity index is 2.02. The molecule has 0 N–H and O–H groups in total. The van der Waals surface area contributed by atoms with E-state index in [4.69, 9.17) is 11.6 Å². The Bertz CT molecular complexity index is 902. The molecule has 0 saturated heterocycles. The smallest absolute Gasteiger partial charge is 0.0264 e. The van der Waals surface area contributed by atoms with Crippen molar-refractivity contribution in [2.24, 2.45) is 0 Å². The van der Waals surface area contributed by atoms with Crippen LogP contribution in [0, 0.1) is 0 Å². The molecule has 3 aromatic rings. The molecule has 29 heavy (non-hydrogen) atoms. The van der Waals surface area contributed by atoms with Gasteiger partial charge in [-0.05, 0) is 60.5 Å². The van der Waals surface area contributed by atoms with E-state index in [0.717, 1.165) is 18.7 Å². The van der Waals surface area contributed by atoms with Crippen molar-refractivity contribution in [3.05, 3.63) is 102 Å². The third kappa shape index (κ3) is 6.24. The molecule has 0 aliphatic rings. The molecule has 1 nitrogen and oxygen atoms in total. The van der Waals surface area contributed by atoms with Crippen LogP contribution >= 0.6 is 23.4 Å². The number of thioether (sulfide) groups is 1. The summed E-state index contributed by atoms with van der Waals surface area (Å²) in [6, 6.07) is 30.2. The van der Waals surface area contributed by atoms with Gasteiger partial charge in [0.05, 0.1) is 0 Å². The van der Waals surface area contributed by atoms with Crippen LogP contribution < -0.4 is 0 Å². The van der Waals surface area contributed by atoms with Gasteiger partial charge in [-0.15, -0.1) is 23.4 Å². The maximum Gasteiger partial charge on any atom is 0.0264 e. The van der Waals surface area contributed by atoms with Crippen LogP contribution in [-0.2, 0) is 0 Å². The number of hydrogen-bond acceptors (Lipinski definition) is 2. The summed E-state index contributed by atoms with van der Waals surface area (Å²) in [5, 5.41) is 0. The van der Waals surface area contributed by atoms with Crippen molar-refractivity contribution in [2.45, 2.75) is 11.3 Å². The zero-order valence-corrected chi connectivity index (χ0v) is 18.7. The second kappa shape index (κ2) is 11.3. The Morgan fingerprint density at radius 1 is 0.759 bits per heavy atom. The van der Waals surface area contributed by atoms with Crippen molar-refractivity contribution >= 4 is 34.5 Å². The molecule has 0 aromatic heterocycles. The zero-order valence-electron chi connectivity index (χ0n) is 17.1. The molecule has 0 aliphatic carbocycles. The number of alkyl halides is 1. The van der Waals surface area contributed by atoms with Gasteiger partial charge in [-0.2, -0.15) is 0 Å². The molecule has 0 bridgehead atoms. The van der Waals surface area contributed by atoms with Crippen LogP contribution in [0.15, 0.2) is 89.8 Å². The van der Waals surface area contributed by atoms with E-state index in [1.54, 1.807) is 0 Å². The summed E-state index contributed by atoms with van der Waals surface area (Å²) in [5.41, 5.74) is 6.25. The summed E-state index contributed by atoms with van der Waals surface area (Å²) in [7, 11) is 4.23. The average Bonchev–Trinajstić information content (AvgIpc) is 2.75. The second-order valence-corrected chi connectivity index (χ2v) is 8.75. The minimum atomic E-state index is 0.596. The highest BCUT2D eigenvalue weighted by atomic mass is 35.5. The molecule has 0 heterocycles. The fourth-order valence-corrected chi connectivity index (χ4v) is 4.54. The normalized spacial score (nSPS) is 12.1. The molecule has 0 spiro atoms. The number of rotatable bonds is 9. The molecular weight excluding hydrogens is 394 g/mol. The molecule has 0 unspecified atom stereocenters. The molecule has 3 rings (SSSR count). The van der Waals surface area contributed by atoms with Crippen LogP contribution in [0.5, 0.6) is 0 Å². The van der Waals surface area contributed by atoms with E-state index in [-0.39, 0.29) is 0 Å². The first-order valence-electron chi connectivity index (χ1n) is 9.97. The molecule has 150 valence electrons. The van der Waals surface area contributed by atoms with E-state index in [1.807, 2.05) is 11.8 Å². The van der Waals surface area contributed by atoms with Crippen LogP contribution in [0.25, 0.3) is 11.1 Å². The number of nitrogens with zero attached hydrogens (tertiary/aromatic N) is 1. The van der Waals surface area contributed by atoms with Gasteiger partial charge < -0.3 is 4.90 Å².